The van der Waals surface area contributed by atoms with E-state index in [0.29, 0.717) is 0 Å². The largest absolute Gasteiger partial charge is 0.355 e. The van der Waals surface area contributed by atoms with Gasteiger partial charge in [-0.15, -0.1) is 0 Å². The lowest BCUT2D eigenvalue weighted by molar-refractivity contribution is 0.724. The van der Waals surface area contributed by atoms with Crippen LogP contribution >= 0.6 is 0 Å². The summed E-state index contributed by atoms with van der Waals surface area (Å²) in [5.41, 5.74) is 3.12. The number of rotatable bonds is 2. The van der Waals surface area contributed by atoms with E-state index in [1.54, 1.807) is 0 Å². The highest BCUT2D eigenvalue weighted by molar-refractivity contribution is 5.88. The van der Waals surface area contributed by atoms with Crippen molar-refractivity contribution < 1.29 is 0 Å². The highest BCUT2D eigenvalue weighted by Gasteiger charge is 2.18. The van der Waals surface area contributed by atoms with Crippen molar-refractivity contribution in [3.05, 3.63) is 41.9 Å². The smallest absolute Gasteiger partial charge is 0.168 e. The molecule has 0 atom stereocenters. The third-order valence-electron chi connectivity index (χ3n) is 4.41. The van der Waals surface area contributed by atoms with Crippen LogP contribution in [0.25, 0.3) is 16.7 Å². The van der Waals surface area contributed by atoms with E-state index in [4.69, 9.17) is 4.98 Å². The molecule has 0 radical (unpaired) electrons. The highest BCUT2D eigenvalue weighted by Crippen LogP contribution is 2.26. The first-order valence-corrected chi connectivity index (χ1v) is 8.47. The molecule has 24 heavy (non-hydrogen) atoms. The molecular weight excluding hydrogens is 300 g/mol. The first-order chi connectivity index (χ1) is 11.7. The molecule has 6 nitrogen and oxygen atoms in total. The molecule has 1 aliphatic heterocycles. The Bertz CT molecular complexity index is 861. The zero-order valence-electron chi connectivity index (χ0n) is 14.2. The molecule has 3 heterocycles. The molecule has 1 N–H and O–H groups in total. The minimum atomic E-state index is 0.782. The maximum atomic E-state index is 4.72. The van der Waals surface area contributed by atoms with Gasteiger partial charge in [0.15, 0.2) is 5.65 Å². The van der Waals surface area contributed by atoms with Crippen LogP contribution < -0.4 is 10.2 Å². The number of fused-ring (bicyclic) bond motifs is 1. The minimum absolute atomic E-state index is 0.782. The first-order valence-electron chi connectivity index (χ1n) is 8.47. The highest BCUT2D eigenvalue weighted by atomic mass is 15.3. The van der Waals surface area contributed by atoms with Crippen LogP contribution in [0.4, 0.5) is 5.82 Å². The fraction of sp³-hybridized carbons (Fsp3) is 0.389. The van der Waals surface area contributed by atoms with Crippen molar-refractivity contribution in [3.8, 4) is 5.69 Å². The monoisotopic (exact) mass is 322 g/mol. The van der Waals surface area contributed by atoms with Crippen LogP contribution in [-0.4, -0.2) is 45.9 Å². The summed E-state index contributed by atoms with van der Waals surface area (Å²) in [7, 11) is 0. The quantitative estimate of drug-likeness (QED) is 0.784. The van der Waals surface area contributed by atoms with Gasteiger partial charge in [0.1, 0.15) is 11.6 Å². The van der Waals surface area contributed by atoms with E-state index >= 15 is 0 Å². The summed E-state index contributed by atoms with van der Waals surface area (Å²) in [5, 5.41) is 9.06. The molecular formula is C18H22N6. The van der Waals surface area contributed by atoms with Gasteiger partial charge in [0.05, 0.1) is 17.3 Å². The van der Waals surface area contributed by atoms with E-state index in [-0.39, 0.29) is 0 Å². The van der Waals surface area contributed by atoms with Gasteiger partial charge in [-0.2, -0.15) is 5.10 Å². The van der Waals surface area contributed by atoms with Crippen LogP contribution in [0.1, 0.15) is 17.8 Å². The standard InChI is InChI=1S/C18H22N6/c1-13-5-3-6-15(11-13)24-18-16(12-20-24)17(21-14(2)22-18)23-9-4-7-19-8-10-23/h3,5-6,11-12,19H,4,7-10H2,1-2H3. The van der Waals surface area contributed by atoms with Crippen LogP contribution in [-0.2, 0) is 0 Å². The molecule has 1 saturated heterocycles. The Balaban J connectivity index is 1.85. The van der Waals surface area contributed by atoms with E-state index in [1.165, 1.54) is 5.56 Å². The van der Waals surface area contributed by atoms with Gasteiger partial charge in [-0.3, -0.25) is 0 Å². The summed E-state index contributed by atoms with van der Waals surface area (Å²) in [4.78, 5) is 11.7. The lowest BCUT2D eigenvalue weighted by atomic mass is 10.2. The predicted octanol–water partition coefficient (Wildman–Crippen LogP) is 2.23. The molecule has 124 valence electrons. The van der Waals surface area contributed by atoms with Gasteiger partial charge < -0.3 is 10.2 Å². The van der Waals surface area contributed by atoms with Gasteiger partial charge in [0, 0.05) is 19.6 Å². The molecule has 0 unspecified atom stereocenters. The number of anilines is 1. The second-order valence-electron chi connectivity index (χ2n) is 6.32. The van der Waals surface area contributed by atoms with E-state index < -0.39 is 0 Å². The zero-order chi connectivity index (χ0) is 16.5. The molecule has 0 spiro atoms. The Morgan fingerprint density at radius 1 is 1.08 bits per heavy atom. The van der Waals surface area contributed by atoms with Crippen molar-refractivity contribution in [2.75, 3.05) is 31.1 Å². The minimum Gasteiger partial charge on any atom is -0.355 e. The third kappa shape index (κ3) is 2.73. The first kappa shape index (κ1) is 15.1. The predicted molar refractivity (Wildman–Crippen MR) is 95.8 cm³/mol. The Labute approximate surface area is 141 Å². The van der Waals surface area contributed by atoms with Gasteiger partial charge in [-0.1, -0.05) is 12.1 Å². The fourth-order valence-electron chi connectivity index (χ4n) is 3.25. The number of benzene rings is 1. The van der Waals surface area contributed by atoms with Gasteiger partial charge in [0.2, 0.25) is 0 Å². The van der Waals surface area contributed by atoms with Crippen LogP contribution in [0.5, 0.6) is 0 Å². The van der Waals surface area contributed by atoms with Crippen molar-refractivity contribution in [2.45, 2.75) is 20.3 Å². The molecule has 1 aliphatic rings. The number of hydrogen-bond acceptors (Lipinski definition) is 5. The van der Waals surface area contributed by atoms with E-state index in [0.717, 1.165) is 61.0 Å². The van der Waals surface area contributed by atoms with Crippen molar-refractivity contribution in [2.24, 2.45) is 0 Å². The lowest BCUT2D eigenvalue weighted by Gasteiger charge is -2.21. The molecule has 0 amide bonds. The van der Waals surface area contributed by atoms with E-state index in [9.17, 15) is 0 Å². The number of aromatic nitrogens is 4. The topological polar surface area (TPSA) is 58.9 Å². The lowest BCUT2D eigenvalue weighted by Crippen LogP contribution is -2.29. The molecule has 0 saturated carbocycles. The summed E-state index contributed by atoms with van der Waals surface area (Å²) in [5.74, 6) is 1.78. The van der Waals surface area contributed by atoms with Crippen LogP contribution in [0.2, 0.25) is 0 Å². The van der Waals surface area contributed by atoms with Gasteiger partial charge in [0.25, 0.3) is 0 Å². The summed E-state index contributed by atoms with van der Waals surface area (Å²) in [6.45, 7) is 8.05. The second kappa shape index (κ2) is 6.20. The van der Waals surface area contributed by atoms with E-state index in [2.05, 4.69) is 45.4 Å². The van der Waals surface area contributed by atoms with Crippen LogP contribution in [0, 0.1) is 13.8 Å². The Hall–Kier alpha value is -2.47. The molecule has 1 aromatic carbocycles. The maximum absolute atomic E-state index is 4.72. The SMILES string of the molecule is Cc1cccc(-n2ncc3c(N4CCCNCC4)nc(C)nc32)c1. The second-order valence-corrected chi connectivity index (χ2v) is 6.32. The average Bonchev–Trinajstić information content (AvgIpc) is 2.80. The molecule has 2 aromatic heterocycles. The number of aryl methyl sites for hydroxylation is 2. The Morgan fingerprint density at radius 2 is 2.00 bits per heavy atom. The van der Waals surface area contributed by atoms with Crippen LogP contribution in [0.3, 0.4) is 0 Å². The fourth-order valence-corrected chi connectivity index (χ4v) is 3.25. The molecule has 0 bridgehead atoms. The van der Waals surface area contributed by atoms with E-state index in [1.807, 2.05) is 23.9 Å². The summed E-state index contributed by atoms with van der Waals surface area (Å²) >= 11 is 0. The summed E-state index contributed by atoms with van der Waals surface area (Å²) in [6, 6.07) is 8.32. The molecule has 4 rings (SSSR count). The van der Waals surface area contributed by atoms with Crippen molar-refractivity contribution in [1.29, 1.82) is 0 Å². The zero-order valence-corrected chi connectivity index (χ0v) is 14.2. The summed E-state index contributed by atoms with van der Waals surface area (Å²) in [6.07, 6.45) is 3.02. The van der Waals surface area contributed by atoms with Crippen molar-refractivity contribution in [3.63, 3.8) is 0 Å². The molecule has 3 aromatic rings. The maximum Gasteiger partial charge on any atom is 0.168 e. The number of hydrogen-bond donors (Lipinski definition) is 1. The molecule has 0 aliphatic carbocycles. The normalized spacial score (nSPS) is 15.7. The van der Waals surface area contributed by atoms with Gasteiger partial charge in [-0.05, 0) is 44.5 Å². The number of nitrogens with one attached hydrogen (secondary N) is 1. The van der Waals surface area contributed by atoms with Crippen LogP contribution in [0.15, 0.2) is 30.5 Å². The van der Waals surface area contributed by atoms with Gasteiger partial charge >= 0.3 is 0 Å². The third-order valence-corrected chi connectivity index (χ3v) is 4.41. The average molecular weight is 322 g/mol. The number of nitrogens with zero attached hydrogens (tertiary/aromatic N) is 5. The van der Waals surface area contributed by atoms with Crippen molar-refractivity contribution >= 4 is 16.9 Å². The summed E-state index contributed by atoms with van der Waals surface area (Å²) < 4.78 is 1.91. The molecule has 6 heteroatoms. The van der Waals surface area contributed by atoms with Crippen molar-refractivity contribution in [1.82, 2.24) is 25.1 Å². The Morgan fingerprint density at radius 3 is 2.88 bits per heavy atom. The molecule has 1 fully saturated rings. The van der Waals surface area contributed by atoms with Gasteiger partial charge in [-0.25, -0.2) is 14.6 Å². The Kier molecular flexibility index (Phi) is 3.90.